The van der Waals surface area contributed by atoms with Crippen LogP contribution in [0.15, 0.2) is 41.3 Å². The minimum atomic E-state index is -0.618. The molecule has 3 heterocycles. The molecule has 144 valence electrons. The number of carbonyl (C=O) groups excluding carboxylic acids is 2. The Balaban J connectivity index is 1.80. The third-order valence-electron chi connectivity index (χ3n) is 5.35. The van der Waals surface area contributed by atoms with Crippen LogP contribution in [0.3, 0.4) is 0 Å². The predicted octanol–water partition coefficient (Wildman–Crippen LogP) is 2.26. The molecule has 0 aliphatic carbocycles. The first-order valence-corrected chi connectivity index (χ1v) is 9.25. The van der Waals surface area contributed by atoms with E-state index in [9.17, 15) is 14.4 Å². The second-order valence-corrected chi connectivity index (χ2v) is 7.12. The molecule has 1 aliphatic heterocycles. The molecule has 2 aromatic heterocycles. The van der Waals surface area contributed by atoms with Crippen molar-refractivity contribution in [3.05, 3.63) is 58.1 Å². The van der Waals surface area contributed by atoms with Crippen molar-refractivity contribution in [1.82, 2.24) is 20.1 Å². The van der Waals surface area contributed by atoms with Crippen LogP contribution >= 0.6 is 0 Å². The highest BCUT2D eigenvalue weighted by atomic mass is 16.2. The molecule has 0 radical (unpaired) electrons. The third-order valence-corrected chi connectivity index (χ3v) is 5.35. The van der Waals surface area contributed by atoms with Gasteiger partial charge in [0.2, 0.25) is 5.91 Å². The number of hydrogen-bond donors (Lipinski definition) is 3. The van der Waals surface area contributed by atoms with E-state index in [-0.39, 0.29) is 29.0 Å². The Morgan fingerprint density at radius 1 is 1.32 bits per heavy atom. The van der Waals surface area contributed by atoms with Gasteiger partial charge in [0.1, 0.15) is 11.7 Å². The fourth-order valence-corrected chi connectivity index (χ4v) is 3.64. The van der Waals surface area contributed by atoms with Crippen molar-refractivity contribution in [2.75, 3.05) is 5.32 Å². The average molecular weight is 379 g/mol. The molecule has 8 heteroatoms. The molecule has 2 atom stereocenters. The zero-order valence-electron chi connectivity index (χ0n) is 15.7. The summed E-state index contributed by atoms with van der Waals surface area (Å²) in [6.07, 6.45) is 2.21. The summed E-state index contributed by atoms with van der Waals surface area (Å²) in [5.74, 6) is -0.566. The quantitative estimate of drug-likeness (QED) is 0.648. The summed E-state index contributed by atoms with van der Waals surface area (Å²) in [5, 5.41) is 9.42. The zero-order chi connectivity index (χ0) is 19.8. The first-order chi connectivity index (χ1) is 13.5. The van der Waals surface area contributed by atoms with E-state index >= 15 is 0 Å². The summed E-state index contributed by atoms with van der Waals surface area (Å²) >= 11 is 0. The first-order valence-electron chi connectivity index (χ1n) is 9.25. The van der Waals surface area contributed by atoms with Crippen molar-refractivity contribution >= 4 is 28.4 Å². The number of rotatable bonds is 3. The number of aromatic amines is 2. The van der Waals surface area contributed by atoms with E-state index in [1.54, 1.807) is 4.90 Å². The Labute approximate surface area is 160 Å². The lowest BCUT2D eigenvalue weighted by Gasteiger charge is -2.32. The van der Waals surface area contributed by atoms with E-state index in [4.69, 9.17) is 0 Å². The van der Waals surface area contributed by atoms with Crippen molar-refractivity contribution in [2.45, 2.75) is 32.9 Å². The van der Waals surface area contributed by atoms with Crippen LogP contribution in [-0.4, -0.2) is 37.9 Å². The maximum absolute atomic E-state index is 13.4. The summed E-state index contributed by atoms with van der Waals surface area (Å²) < 4.78 is 0. The molecule has 0 saturated carbocycles. The number of para-hydroxylation sites is 1. The van der Waals surface area contributed by atoms with E-state index in [1.165, 1.54) is 12.3 Å². The largest absolute Gasteiger partial charge is 0.349 e. The van der Waals surface area contributed by atoms with Crippen molar-refractivity contribution in [3.63, 3.8) is 0 Å². The Bertz CT molecular complexity index is 1120. The van der Waals surface area contributed by atoms with Crippen molar-refractivity contribution in [2.24, 2.45) is 5.92 Å². The van der Waals surface area contributed by atoms with Gasteiger partial charge in [-0.2, -0.15) is 5.10 Å². The standard InChI is InChI=1S/C20H21N5O3/c1-3-11(2)17-19(27)23-14-7-5-4-6-12(14)10-25(17)20(28)15-8-13-16(22-15)9-21-24-18(13)26/h4-9,11,17,22H,3,10H2,1-2H3,(H,23,27)(H,24,26)/t11-,17-/m0/s1. The lowest BCUT2D eigenvalue weighted by atomic mass is 9.96. The number of nitrogens with one attached hydrogen (secondary N) is 3. The molecule has 0 unspecified atom stereocenters. The van der Waals surface area contributed by atoms with Gasteiger partial charge in [0.15, 0.2) is 0 Å². The molecule has 0 fully saturated rings. The molecule has 0 spiro atoms. The normalized spacial score (nSPS) is 17.7. The van der Waals surface area contributed by atoms with E-state index < -0.39 is 6.04 Å². The average Bonchev–Trinajstić information content (AvgIpc) is 3.07. The highest BCUT2D eigenvalue weighted by molar-refractivity contribution is 6.03. The Morgan fingerprint density at radius 3 is 2.86 bits per heavy atom. The fourth-order valence-electron chi connectivity index (χ4n) is 3.64. The van der Waals surface area contributed by atoms with Crippen LogP contribution in [0.1, 0.15) is 36.3 Å². The summed E-state index contributed by atoms with van der Waals surface area (Å²) in [6.45, 7) is 4.25. The maximum atomic E-state index is 13.4. The molecule has 3 N–H and O–H groups in total. The number of hydrogen-bond acceptors (Lipinski definition) is 4. The Morgan fingerprint density at radius 2 is 2.11 bits per heavy atom. The van der Waals surface area contributed by atoms with E-state index in [0.717, 1.165) is 12.0 Å². The van der Waals surface area contributed by atoms with Gasteiger partial charge >= 0.3 is 0 Å². The molecule has 2 amide bonds. The molecule has 1 aliphatic rings. The molecule has 1 aromatic carbocycles. The van der Waals surface area contributed by atoms with Gasteiger partial charge in [0.25, 0.3) is 11.5 Å². The lowest BCUT2D eigenvalue weighted by molar-refractivity contribution is -0.122. The van der Waals surface area contributed by atoms with E-state index in [0.29, 0.717) is 23.1 Å². The third kappa shape index (κ3) is 2.96. The molecule has 28 heavy (non-hydrogen) atoms. The topological polar surface area (TPSA) is 111 Å². The van der Waals surface area contributed by atoms with Crippen LogP contribution in [0.2, 0.25) is 0 Å². The molecule has 0 bridgehead atoms. The fraction of sp³-hybridized carbons (Fsp3) is 0.300. The minimum absolute atomic E-state index is 0.0345. The summed E-state index contributed by atoms with van der Waals surface area (Å²) in [7, 11) is 0. The van der Waals surface area contributed by atoms with Crippen molar-refractivity contribution in [1.29, 1.82) is 0 Å². The van der Waals surface area contributed by atoms with Gasteiger partial charge in [-0.3, -0.25) is 14.4 Å². The molecule has 8 nitrogen and oxygen atoms in total. The highest BCUT2D eigenvalue weighted by Gasteiger charge is 2.37. The summed E-state index contributed by atoms with van der Waals surface area (Å²) in [6, 6.07) is 8.36. The van der Waals surface area contributed by atoms with Gasteiger partial charge in [-0.15, -0.1) is 0 Å². The van der Waals surface area contributed by atoms with Gasteiger partial charge in [-0.25, -0.2) is 5.10 Å². The van der Waals surface area contributed by atoms with E-state index in [1.807, 2.05) is 38.1 Å². The smallest absolute Gasteiger partial charge is 0.273 e. The zero-order valence-corrected chi connectivity index (χ0v) is 15.7. The van der Waals surface area contributed by atoms with Crippen LogP contribution in [0.25, 0.3) is 10.9 Å². The van der Waals surface area contributed by atoms with Gasteiger partial charge < -0.3 is 15.2 Å². The molecule has 0 saturated heterocycles. The monoisotopic (exact) mass is 379 g/mol. The molecular weight excluding hydrogens is 358 g/mol. The van der Waals surface area contributed by atoms with Crippen molar-refractivity contribution in [3.8, 4) is 0 Å². The Kier molecular flexibility index (Phi) is 4.46. The lowest BCUT2D eigenvalue weighted by Crippen LogP contribution is -2.49. The maximum Gasteiger partial charge on any atom is 0.273 e. The number of H-pyrrole nitrogens is 2. The van der Waals surface area contributed by atoms with Crippen LogP contribution in [0.4, 0.5) is 5.69 Å². The summed E-state index contributed by atoms with van der Waals surface area (Å²) in [5.41, 5.74) is 1.95. The SMILES string of the molecule is CC[C@H](C)[C@H]1C(=O)Nc2ccccc2CN1C(=O)c1cc2c(=O)[nH]ncc2[nH]1. The van der Waals surface area contributed by atoms with Gasteiger partial charge in [-0.05, 0) is 23.6 Å². The second-order valence-electron chi connectivity index (χ2n) is 7.12. The number of carbonyl (C=O) groups is 2. The van der Waals surface area contributed by atoms with Gasteiger partial charge in [0, 0.05) is 12.2 Å². The predicted molar refractivity (Wildman–Crippen MR) is 105 cm³/mol. The molecular formula is C20H21N5O3. The van der Waals surface area contributed by atoms with Gasteiger partial charge in [-0.1, -0.05) is 38.5 Å². The number of anilines is 1. The van der Waals surface area contributed by atoms with Crippen LogP contribution < -0.4 is 10.9 Å². The van der Waals surface area contributed by atoms with Crippen LogP contribution in [-0.2, 0) is 11.3 Å². The highest BCUT2D eigenvalue weighted by Crippen LogP contribution is 2.28. The van der Waals surface area contributed by atoms with E-state index in [2.05, 4.69) is 20.5 Å². The number of aromatic nitrogens is 3. The number of nitrogens with zero attached hydrogens (tertiary/aromatic N) is 2. The minimum Gasteiger partial charge on any atom is -0.349 e. The van der Waals surface area contributed by atoms with Gasteiger partial charge in [0.05, 0.1) is 17.1 Å². The number of benzene rings is 1. The number of amides is 2. The van der Waals surface area contributed by atoms with Crippen LogP contribution in [0.5, 0.6) is 0 Å². The van der Waals surface area contributed by atoms with Crippen molar-refractivity contribution < 1.29 is 9.59 Å². The molecule has 3 aromatic rings. The second kappa shape index (κ2) is 6.95. The Hall–Kier alpha value is -3.42. The first kappa shape index (κ1) is 18.0. The molecule has 4 rings (SSSR count). The summed E-state index contributed by atoms with van der Waals surface area (Å²) in [4.78, 5) is 42.9. The number of fused-ring (bicyclic) bond motifs is 2. The van der Waals surface area contributed by atoms with Crippen LogP contribution in [0, 0.1) is 5.92 Å².